The van der Waals surface area contributed by atoms with Gasteiger partial charge in [0.05, 0.1) is 18.8 Å². The van der Waals surface area contributed by atoms with Gasteiger partial charge < -0.3 is 20.6 Å². The van der Waals surface area contributed by atoms with E-state index in [2.05, 4.69) is 19.2 Å². The van der Waals surface area contributed by atoms with Gasteiger partial charge in [-0.15, -0.1) is 0 Å². The smallest absolute Gasteiger partial charge is 0.220 e. The SMILES string of the molecule is CCCCCCCCCCCCCCCCCCCC(=O)NC(CO)C(O)C(O)CCCCCCCCCCCCCC. The Hall–Kier alpha value is -0.650. The van der Waals surface area contributed by atoms with Gasteiger partial charge in [0.15, 0.2) is 0 Å². The van der Waals surface area contributed by atoms with E-state index < -0.39 is 18.2 Å². The number of rotatable bonds is 35. The number of aliphatic hydroxyl groups is 3. The van der Waals surface area contributed by atoms with Gasteiger partial charge in [0, 0.05) is 6.42 Å². The van der Waals surface area contributed by atoms with Crippen molar-refractivity contribution in [1.82, 2.24) is 5.32 Å². The zero-order valence-electron chi connectivity index (χ0n) is 29.1. The molecule has 43 heavy (non-hydrogen) atoms. The number of hydrogen-bond donors (Lipinski definition) is 4. The summed E-state index contributed by atoms with van der Waals surface area (Å²) in [4.78, 5) is 12.4. The molecule has 258 valence electrons. The molecule has 0 radical (unpaired) electrons. The lowest BCUT2D eigenvalue weighted by molar-refractivity contribution is -0.124. The summed E-state index contributed by atoms with van der Waals surface area (Å²) < 4.78 is 0. The van der Waals surface area contributed by atoms with Gasteiger partial charge in [0.2, 0.25) is 5.91 Å². The first-order chi connectivity index (χ1) is 21.1. The fourth-order valence-electron chi connectivity index (χ4n) is 6.16. The van der Waals surface area contributed by atoms with Crippen LogP contribution in [0.2, 0.25) is 0 Å². The van der Waals surface area contributed by atoms with Crippen molar-refractivity contribution >= 4 is 5.91 Å². The Labute approximate surface area is 268 Å². The molecule has 0 saturated carbocycles. The highest BCUT2D eigenvalue weighted by molar-refractivity contribution is 5.76. The predicted molar refractivity (Wildman–Crippen MR) is 186 cm³/mol. The molecule has 0 bridgehead atoms. The molecule has 0 spiro atoms. The number of unbranched alkanes of at least 4 members (excludes halogenated alkanes) is 27. The van der Waals surface area contributed by atoms with Crippen molar-refractivity contribution in [3.8, 4) is 0 Å². The first-order valence-corrected chi connectivity index (χ1v) is 19.3. The minimum atomic E-state index is -1.13. The molecule has 5 heteroatoms. The maximum Gasteiger partial charge on any atom is 0.220 e. The molecule has 3 unspecified atom stereocenters. The van der Waals surface area contributed by atoms with E-state index >= 15 is 0 Å². The lowest BCUT2D eigenvalue weighted by Crippen LogP contribution is -2.50. The summed E-state index contributed by atoms with van der Waals surface area (Å²) in [5.74, 6) is -0.142. The Morgan fingerprint density at radius 2 is 0.791 bits per heavy atom. The summed E-state index contributed by atoms with van der Waals surface area (Å²) in [6.45, 7) is 4.17. The fourth-order valence-corrected chi connectivity index (χ4v) is 6.16. The maximum absolute atomic E-state index is 12.4. The van der Waals surface area contributed by atoms with Crippen LogP contribution in [0.3, 0.4) is 0 Å². The molecule has 0 saturated heterocycles. The molecular weight excluding hydrogens is 534 g/mol. The van der Waals surface area contributed by atoms with Crippen molar-refractivity contribution in [2.24, 2.45) is 0 Å². The van der Waals surface area contributed by atoms with Crippen LogP contribution in [0.5, 0.6) is 0 Å². The Balaban J connectivity index is 3.62. The highest BCUT2D eigenvalue weighted by Gasteiger charge is 2.26. The van der Waals surface area contributed by atoms with Gasteiger partial charge in [-0.3, -0.25) is 4.79 Å². The number of amides is 1. The molecule has 0 fully saturated rings. The van der Waals surface area contributed by atoms with Gasteiger partial charge in [-0.2, -0.15) is 0 Å². The molecule has 0 aromatic carbocycles. The van der Waals surface area contributed by atoms with Gasteiger partial charge >= 0.3 is 0 Å². The molecule has 5 nitrogen and oxygen atoms in total. The number of carbonyl (C=O) groups is 1. The van der Waals surface area contributed by atoms with Crippen molar-refractivity contribution in [3.63, 3.8) is 0 Å². The van der Waals surface area contributed by atoms with Crippen LogP contribution in [0, 0.1) is 0 Å². The van der Waals surface area contributed by atoms with Crippen molar-refractivity contribution in [2.45, 2.75) is 231 Å². The van der Waals surface area contributed by atoms with Gasteiger partial charge in [-0.1, -0.05) is 194 Å². The van der Waals surface area contributed by atoms with Crippen LogP contribution in [0.15, 0.2) is 0 Å². The average Bonchev–Trinajstić information content (AvgIpc) is 3.01. The topological polar surface area (TPSA) is 89.8 Å². The highest BCUT2D eigenvalue weighted by atomic mass is 16.3. The number of carbonyl (C=O) groups excluding carboxylic acids is 1. The lowest BCUT2D eigenvalue weighted by Gasteiger charge is -2.26. The number of aliphatic hydroxyl groups excluding tert-OH is 3. The molecule has 1 amide bonds. The normalized spacial score (nSPS) is 13.7. The van der Waals surface area contributed by atoms with Gasteiger partial charge in [0.25, 0.3) is 0 Å². The second-order valence-corrected chi connectivity index (χ2v) is 13.5. The highest BCUT2D eigenvalue weighted by Crippen LogP contribution is 2.16. The van der Waals surface area contributed by atoms with Crippen molar-refractivity contribution in [3.05, 3.63) is 0 Å². The molecule has 0 aromatic heterocycles. The Bertz CT molecular complexity index is 558. The second kappa shape index (κ2) is 34.2. The Kier molecular flexibility index (Phi) is 33.7. The third-order valence-corrected chi connectivity index (χ3v) is 9.21. The molecule has 0 aliphatic heterocycles. The molecule has 0 aromatic rings. The van der Waals surface area contributed by atoms with E-state index in [0.717, 1.165) is 38.5 Å². The first-order valence-electron chi connectivity index (χ1n) is 19.3. The van der Waals surface area contributed by atoms with E-state index in [1.165, 1.54) is 148 Å². The zero-order chi connectivity index (χ0) is 31.6. The number of nitrogens with one attached hydrogen (secondary N) is 1. The van der Waals surface area contributed by atoms with Crippen LogP contribution < -0.4 is 5.32 Å². The monoisotopic (exact) mass is 612 g/mol. The van der Waals surface area contributed by atoms with Crippen LogP contribution >= 0.6 is 0 Å². The van der Waals surface area contributed by atoms with Crippen molar-refractivity contribution in [1.29, 1.82) is 0 Å². The summed E-state index contributed by atoms with van der Waals surface area (Å²) in [6, 6.07) is -0.800. The Morgan fingerprint density at radius 3 is 1.12 bits per heavy atom. The second-order valence-electron chi connectivity index (χ2n) is 13.5. The molecular formula is C38H77NO4. The standard InChI is InChI=1S/C38H77NO4/c1-3-5-7-9-11-13-15-17-18-19-20-21-23-25-27-29-31-33-37(42)39-35(34-40)38(43)36(41)32-30-28-26-24-22-16-14-12-10-8-6-4-2/h35-36,38,40-41,43H,3-34H2,1-2H3,(H,39,42). The maximum atomic E-state index is 12.4. The lowest BCUT2D eigenvalue weighted by atomic mass is 9.99. The van der Waals surface area contributed by atoms with Crippen LogP contribution in [0.4, 0.5) is 0 Å². The largest absolute Gasteiger partial charge is 0.394 e. The molecule has 0 aliphatic carbocycles. The molecule has 4 N–H and O–H groups in total. The zero-order valence-corrected chi connectivity index (χ0v) is 29.1. The molecule has 0 heterocycles. The van der Waals surface area contributed by atoms with Gasteiger partial charge in [-0.05, 0) is 12.8 Å². The average molecular weight is 612 g/mol. The fraction of sp³-hybridized carbons (Fsp3) is 0.974. The summed E-state index contributed by atoms with van der Waals surface area (Å²) in [7, 11) is 0. The van der Waals surface area contributed by atoms with E-state index in [1.54, 1.807) is 0 Å². The van der Waals surface area contributed by atoms with E-state index in [0.29, 0.717) is 12.8 Å². The minimum Gasteiger partial charge on any atom is -0.394 e. The van der Waals surface area contributed by atoms with Crippen molar-refractivity contribution in [2.75, 3.05) is 6.61 Å². The predicted octanol–water partition coefficient (Wildman–Crippen LogP) is 10.3. The summed E-state index contributed by atoms with van der Waals surface area (Å²) in [6.07, 6.45) is 36.2. The summed E-state index contributed by atoms with van der Waals surface area (Å²) in [5, 5.41) is 33.4. The van der Waals surface area contributed by atoms with Crippen LogP contribution in [-0.2, 0) is 4.79 Å². The minimum absolute atomic E-state index is 0.142. The van der Waals surface area contributed by atoms with Crippen LogP contribution in [-0.4, -0.2) is 46.1 Å². The van der Waals surface area contributed by atoms with Crippen LogP contribution in [0.1, 0.15) is 213 Å². The van der Waals surface area contributed by atoms with E-state index in [-0.39, 0.29) is 12.5 Å². The van der Waals surface area contributed by atoms with E-state index in [4.69, 9.17) is 0 Å². The molecule has 0 aliphatic rings. The molecule has 3 atom stereocenters. The van der Waals surface area contributed by atoms with E-state index in [9.17, 15) is 20.1 Å². The first kappa shape index (κ1) is 42.3. The van der Waals surface area contributed by atoms with Gasteiger partial charge in [-0.25, -0.2) is 0 Å². The summed E-state index contributed by atoms with van der Waals surface area (Å²) in [5.41, 5.74) is 0. The quantitative estimate of drug-likeness (QED) is 0.0537. The van der Waals surface area contributed by atoms with Gasteiger partial charge in [0.1, 0.15) is 6.10 Å². The Morgan fingerprint density at radius 1 is 0.488 bits per heavy atom. The third-order valence-electron chi connectivity index (χ3n) is 9.21. The van der Waals surface area contributed by atoms with Crippen molar-refractivity contribution < 1.29 is 20.1 Å². The van der Waals surface area contributed by atoms with Crippen LogP contribution in [0.25, 0.3) is 0 Å². The third kappa shape index (κ3) is 29.8. The molecule has 0 rings (SSSR count). The number of hydrogen-bond acceptors (Lipinski definition) is 4. The summed E-state index contributed by atoms with van der Waals surface area (Å²) >= 11 is 0. The van der Waals surface area contributed by atoms with E-state index in [1.807, 2.05) is 0 Å².